The van der Waals surface area contributed by atoms with Gasteiger partial charge in [0.25, 0.3) is 0 Å². The Labute approximate surface area is 210 Å². The van der Waals surface area contributed by atoms with E-state index in [1.54, 1.807) is 48.5 Å². The Morgan fingerprint density at radius 3 is 2.31 bits per heavy atom. The number of rotatable bonds is 6. The molecule has 7 nitrogen and oxygen atoms in total. The number of para-hydroxylation sites is 1. The number of benzene rings is 3. The molecule has 35 heavy (non-hydrogen) atoms. The predicted octanol–water partition coefficient (Wildman–Crippen LogP) is 3.97. The summed E-state index contributed by atoms with van der Waals surface area (Å²) in [7, 11) is 1.52. The monoisotopic (exact) mass is 534 g/mol. The maximum Gasteiger partial charge on any atom is 0.325 e. The second kappa shape index (κ2) is 8.94. The highest BCUT2D eigenvalue weighted by molar-refractivity contribution is 9.10. The summed E-state index contributed by atoms with van der Waals surface area (Å²) in [5, 5.41) is 13.8. The van der Waals surface area contributed by atoms with Gasteiger partial charge in [-0.15, -0.1) is 0 Å². The van der Waals surface area contributed by atoms with Crippen LogP contribution >= 0.6 is 15.9 Å². The first-order valence-corrected chi connectivity index (χ1v) is 12.0. The van der Waals surface area contributed by atoms with Crippen LogP contribution in [0.2, 0.25) is 0 Å². The number of nitrogens with one attached hydrogen (secondary N) is 1. The first-order chi connectivity index (χ1) is 16.9. The van der Waals surface area contributed by atoms with Crippen LogP contribution in [0.3, 0.4) is 0 Å². The summed E-state index contributed by atoms with van der Waals surface area (Å²) in [4.78, 5) is 41.8. The van der Waals surface area contributed by atoms with Gasteiger partial charge in [0, 0.05) is 22.5 Å². The van der Waals surface area contributed by atoms with Crippen molar-refractivity contribution < 1.29 is 24.2 Å². The van der Waals surface area contributed by atoms with Crippen LogP contribution in [0, 0.1) is 11.8 Å². The van der Waals surface area contributed by atoms with Crippen molar-refractivity contribution in [2.24, 2.45) is 11.8 Å². The van der Waals surface area contributed by atoms with E-state index in [1.807, 2.05) is 30.3 Å². The fourth-order valence-corrected chi connectivity index (χ4v) is 5.78. The Balaban J connectivity index is 1.70. The van der Waals surface area contributed by atoms with Crippen LogP contribution in [-0.4, -0.2) is 35.5 Å². The molecule has 8 heteroatoms. The molecule has 2 saturated heterocycles. The van der Waals surface area contributed by atoms with Crippen molar-refractivity contribution in [1.82, 2.24) is 5.32 Å². The predicted molar refractivity (Wildman–Crippen MR) is 133 cm³/mol. The van der Waals surface area contributed by atoms with Gasteiger partial charge in [0.1, 0.15) is 11.3 Å². The Bertz CT molecular complexity index is 1300. The average molecular weight is 535 g/mol. The standard InChI is InChI=1S/C27H23BrN2O5/c1-35-20-13-12-17(28)14-19(20)23-21-22(25(32)30(24(21)31)18-10-6-3-7-11-18)27(29-23,26(33)34)15-16-8-4-2-5-9-16/h2-14,21-23,29H,15H2,1H3,(H,33,34). The Morgan fingerprint density at radius 2 is 1.69 bits per heavy atom. The van der Waals surface area contributed by atoms with Gasteiger partial charge in [-0.25, -0.2) is 4.90 Å². The van der Waals surface area contributed by atoms with E-state index in [2.05, 4.69) is 21.2 Å². The smallest absolute Gasteiger partial charge is 0.325 e. The van der Waals surface area contributed by atoms with E-state index in [0.717, 1.165) is 14.9 Å². The fourth-order valence-electron chi connectivity index (χ4n) is 5.40. The van der Waals surface area contributed by atoms with Crippen molar-refractivity contribution in [3.63, 3.8) is 0 Å². The van der Waals surface area contributed by atoms with E-state index in [1.165, 1.54) is 7.11 Å². The number of anilines is 1. The first-order valence-electron chi connectivity index (χ1n) is 11.2. The van der Waals surface area contributed by atoms with Gasteiger partial charge in [0.15, 0.2) is 0 Å². The molecular formula is C27H23BrN2O5. The lowest BCUT2D eigenvalue weighted by Gasteiger charge is -2.31. The molecule has 178 valence electrons. The molecule has 2 N–H and O–H groups in total. The Morgan fingerprint density at radius 1 is 1.03 bits per heavy atom. The molecule has 4 unspecified atom stereocenters. The zero-order valence-corrected chi connectivity index (χ0v) is 20.4. The van der Waals surface area contributed by atoms with Gasteiger partial charge in [-0.1, -0.05) is 64.5 Å². The number of imide groups is 1. The highest BCUT2D eigenvalue weighted by Crippen LogP contribution is 2.52. The number of hydrogen-bond acceptors (Lipinski definition) is 5. The normalized spacial score (nSPS) is 25.5. The molecule has 0 aliphatic carbocycles. The molecule has 3 aromatic rings. The lowest BCUT2D eigenvalue weighted by Crippen LogP contribution is -2.57. The number of hydrogen-bond donors (Lipinski definition) is 2. The number of nitrogens with zero attached hydrogens (tertiary/aromatic N) is 1. The third kappa shape index (κ3) is 3.73. The van der Waals surface area contributed by atoms with Crippen molar-refractivity contribution in [1.29, 1.82) is 0 Å². The molecule has 5 rings (SSSR count). The molecule has 2 aliphatic rings. The number of carbonyl (C=O) groups excluding carboxylic acids is 2. The van der Waals surface area contributed by atoms with E-state index in [-0.39, 0.29) is 6.42 Å². The van der Waals surface area contributed by atoms with E-state index in [0.29, 0.717) is 17.0 Å². The van der Waals surface area contributed by atoms with Crippen LogP contribution in [0.25, 0.3) is 0 Å². The minimum absolute atomic E-state index is 0.0405. The summed E-state index contributed by atoms with van der Waals surface area (Å²) in [5.74, 6) is -3.66. The molecule has 2 amide bonds. The lowest BCUT2D eigenvalue weighted by molar-refractivity contribution is -0.148. The summed E-state index contributed by atoms with van der Waals surface area (Å²) < 4.78 is 6.31. The quantitative estimate of drug-likeness (QED) is 0.464. The number of amides is 2. The topological polar surface area (TPSA) is 95.9 Å². The third-order valence-corrected chi connectivity index (χ3v) is 7.40. The van der Waals surface area contributed by atoms with Crippen molar-refractivity contribution >= 4 is 39.4 Å². The van der Waals surface area contributed by atoms with Gasteiger partial charge in [0.05, 0.1) is 24.6 Å². The van der Waals surface area contributed by atoms with Gasteiger partial charge in [-0.2, -0.15) is 0 Å². The number of carboxylic acid groups (broad SMARTS) is 1. The fraction of sp³-hybridized carbons (Fsp3) is 0.222. The van der Waals surface area contributed by atoms with E-state index >= 15 is 0 Å². The second-order valence-corrected chi connectivity index (χ2v) is 9.71. The summed E-state index contributed by atoms with van der Waals surface area (Å²) >= 11 is 3.47. The molecule has 4 atom stereocenters. The van der Waals surface area contributed by atoms with Gasteiger partial charge >= 0.3 is 5.97 Å². The number of carboxylic acids is 1. The summed E-state index contributed by atoms with van der Waals surface area (Å²) in [6, 6.07) is 22.4. The van der Waals surface area contributed by atoms with Crippen LogP contribution in [0.4, 0.5) is 5.69 Å². The zero-order valence-electron chi connectivity index (χ0n) is 18.9. The van der Waals surface area contributed by atoms with Crippen LogP contribution in [0.15, 0.2) is 83.3 Å². The van der Waals surface area contributed by atoms with Crippen molar-refractivity contribution in [2.45, 2.75) is 18.0 Å². The molecule has 0 saturated carbocycles. The van der Waals surface area contributed by atoms with Crippen LogP contribution in [-0.2, 0) is 20.8 Å². The van der Waals surface area contributed by atoms with Crippen molar-refractivity contribution in [2.75, 3.05) is 12.0 Å². The molecular weight excluding hydrogens is 512 g/mol. The highest BCUT2D eigenvalue weighted by Gasteiger charge is 2.68. The summed E-state index contributed by atoms with van der Waals surface area (Å²) in [6.07, 6.45) is 0.0405. The van der Waals surface area contributed by atoms with Crippen molar-refractivity contribution in [3.8, 4) is 5.75 Å². The SMILES string of the molecule is COc1ccc(Br)cc1C1NC(Cc2ccccc2)(C(=O)O)C2C(=O)N(c3ccccc3)C(=O)C12. The number of fused-ring (bicyclic) bond motifs is 1. The lowest BCUT2D eigenvalue weighted by atomic mass is 9.76. The Hall–Kier alpha value is -3.49. The number of methoxy groups -OCH3 is 1. The first kappa shape index (κ1) is 23.3. The molecule has 2 heterocycles. The van der Waals surface area contributed by atoms with Gasteiger partial charge in [0.2, 0.25) is 11.8 Å². The highest BCUT2D eigenvalue weighted by atomic mass is 79.9. The molecule has 3 aromatic carbocycles. The molecule has 0 aromatic heterocycles. The van der Waals surface area contributed by atoms with E-state index in [4.69, 9.17) is 4.74 Å². The molecule has 0 bridgehead atoms. The second-order valence-electron chi connectivity index (χ2n) is 8.80. The maximum absolute atomic E-state index is 13.9. The van der Waals surface area contributed by atoms with Crippen molar-refractivity contribution in [3.05, 3.63) is 94.5 Å². The van der Waals surface area contributed by atoms with Gasteiger partial charge in [-0.3, -0.25) is 19.7 Å². The number of halogens is 1. The van der Waals surface area contributed by atoms with Crippen LogP contribution < -0.4 is 15.0 Å². The molecule has 0 spiro atoms. The molecule has 0 radical (unpaired) electrons. The number of carbonyl (C=O) groups is 3. The van der Waals surface area contributed by atoms with E-state index in [9.17, 15) is 19.5 Å². The van der Waals surface area contributed by atoms with Gasteiger partial charge < -0.3 is 9.84 Å². The van der Waals surface area contributed by atoms with Gasteiger partial charge in [-0.05, 0) is 35.9 Å². The summed E-state index contributed by atoms with van der Waals surface area (Å²) in [6.45, 7) is 0. The van der Waals surface area contributed by atoms with Crippen LogP contribution in [0.1, 0.15) is 17.2 Å². The minimum Gasteiger partial charge on any atom is -0.496 e. The van der Waals surface area contributed by atoms with Crippen LogP contribution in [0.5, 0.6) is 5.75 Å². The average Bonchev–Trinajstić information content (AvgIpc) is 3.34. The number of aliphatic carboxylic acids is 1. The van der Waals surface area contributed by atoms with E-state index < -0.39 is 41.2 Å². The largest absolute Gasteiger partial charge is 0.496 e. The third-order valence-electron chi connectivity index (χ3n) is 6.90. The molecule has 2 fully saturated rings. The number of ether oxygens (including phenoxy) is 1. The summed E-state index contributed by atoms with van der Waals surface area (Å²) in [5.41, 5.74) is 0.0988. The zero-order chi connectivity index (χ0) is 24.7. The maximum atomic E-state index is 13.9. The molecule has 2 aliphatic heterocycles. The Kier molecular flexibility index (Phi) is 5.94. The minimum atomic E-state index is -1.69.